The number of nitrogens with zero attached hydrogens (tertiary/aromatic N) is 2. The average molecular weight is 506 g/mol. The highest BCUT2D eigenvalue weighted by molar-refractivity contribution is 14.0. The second-order valence-corrected chi connectivity index (χ2v) is 7.35. The van der Waals surface area contributed by atoms with Crippen LogP contribution in [0.3, 0.4) is 0 Å². The number of carbonyl (C=O) groups is 1. The summed E-state index contributed by atoms with van der Waals surface area (Å²) in [6.45, 7) is 8.30. The molecule has 0 radical (unpaired) electrons. The number of methoxy groups -OCH3 is 1. The minimum absolute atomic E-state index is 0. The van der Waals surface area contributed by atoms with Crippen molar-refractivity contribution in [3.63, 3.8) is 0 Å². The van der Waals surface area contributed by atoms with Gasteiger partial charge in [0.2, 0.25) is 0 Å². The molecule has 1 aromatic carbocycles. The summed E-state index contributed by atoms with van der Waals surface area (Å²) >= 11 is 0. The number of halogens is 1. The van der Waals surface area contributed by atoms with Crippen LogP contribution in [-0.4, -0.2) is 56.9 Å². The summed E-state index contributed by atoms with van der Waals surface area (Å²) in [5.74, 6) is 0.764. The van der Waals surface area contributed by atoms with Gasteiger partial charge in [0.05, 0.1) is 0 Å². The van der Waals surface area contributed by atoms with E-state index in [9.17, 15) is 4.79 Å². The molecule has 0 saturated heterocycles. The average Bonchev–Trinajstić information content (AvgIpc) is 2.61. The van der Waals surface area contributed by atoms with Crippen molar-refractivity contribution < 1.29 is 14.3 Å². The van der Waals surface area contributed by atoms with E-state index >= 15 is 0 Å². The van der Waals surface area contributed by atoms with Gasteiger partial charge in [-0.15, -0.1) is 24.0 Å². The molecule has 0 saturated carbocycles. The SMILES string of the molecule is CN=C(NCCCOC)NCc1ccc(CN(C)C(=O)OC(C)(C)C)cc1.I. The van der Waals surface area contributed by atoms with Crippen molar-refractivity contribution >= 4 is 36.0 Å². The van der Waals surface area contributed by atoms with Crippen LogP contribution in [0.2, 0.25) is 0 Å². The fourth-order valence-corrected chi connectivity index (χ4v) is 2.27. The first kappa shape index (κ1) is 26.4. The first-order chi connectivity index (χ1) is 12.7. The third kappa shape index (κ3) is 11.3. The van der Waals surface area contributed by atoms with Gasteiger partial charge in [-0.25, -0.2) is 4.79 Å². The van der Waals surface area contributed by atoms with E-state index in [1.54, 1.807) is 26.1 Å². The van der Waals surface area contributed by atoms with Crippen LogP contribution < -0.4 is 10.6 Å². The Balaban J connectivity index is 0.00000729. The molecule has 1 rings (SSSR count). The number of carbonyl (C=O) groups excluding carboxylic acids is 1. The number of hydrogen-bond donors (Lipinski definition) is 2. The van der Waals surface area contributed by atoms with Crippen LogP contribution in [0.15, 0.2) is 29.3 Å². The van der Waals surface area contributed by atoms with Gasteiger partial charge in [0.1, 0.15) is 5.60 Å². The van der Waals surface area contributed by atoms with Crippen LogP contribution in [-0.2, 0) is 22.6 Å². The lowest BCUT2D eigenvalue weighted by atomic mass is 10.1. The third-order valence-electron chi connectivity index (χ3n) is 3.65. The second-order valence-electron chi connectivity index (χ2n) is 7.35. The molecule has 160 valence electrons. The normalized spacial score (nSPS) is 11.4. The summed E-state index contributed by atoms with van der Waals surface area (Å²) in [5, 5.41) is 6.52. The smallest absolute Gasteiger partial charge is 0.410 e. The zero-order valence-electron chi connectivity index (χ0n) is 17.9. The van der Waals surface area contributed by atoms with Gasteiger partial charge in [-0.2, -0.15) is 0 Å². The highest BCUT2D eigenvalue weighted by Crippen LogP contribution is 2.12. The van der Waals surface area contributed by atoms with Crippen LogP contribution in [0.1, 0.15) is 38.3 Å². The van der Waals surface area contributed by atoms with E-state index in [0.29, 0.717) is 13.1 Å². The minimum Gasteiger partial charge on any atom is -0.444 e. The number of hydrogen-bond acceptors (Lipinski definition) is 4. The Kier molecular flexibility index (Phi) is 12.8. The van der Waals surface area contributed by atoms with Crippen LogP contribution in [0, 0.1) is 0 Å². The van der Waals surface area contributed by atoms with E-state index in [1.165, 1.54) is 0 Å². The lowest BCUT2D eigenvalue weighted by molar-refractivity contribution is 0.0285. The van der Waals surface area contributed by atoms with Crippen molar-refractivity contribution in [2.24, 2.45) is 4.99 Å². The molecule has 0 unspecified atom stereocenters. The molecule has 28 heavy (non-hydrogen) atoms. The molecule has 2 N–H and O–H groups in total. The summed E-state index contributed by atoms with van der Waals surface area (Å²) in [7, 11) is 5.19. The van der Waals surface area contributed by atoms with Crippen molar-refractivity contribution in [3.8, 4) is 0 Å². The molecule has 0 aliphatic heterocycles. The maximum absolute atomic E-state index is 12.0. The summed E-state index contributed by atoms with van der Waals surface area (Å²) in [6, 6.07) is 8.13. The van der Waals surface area contributed by atoms with Crippen molar-refractivity contribution in [2.45, 2.75) is 45.9 Å². The highest BCUT2D eigenvalue weighted by atomic mass is 127. The van der Waals surface area contributed by atoms with Crippen molar-refractivity contribution in [1.82, 2.24) is 15.5 Å². The van der Waals surface area contributed by atoms with Gasteiger partial charge in [0.15, 0.2) is 5.96 Å². The molecular formula is C20H35IN4O3. The summed E-state index contributed by atoms with van der Waals surface area (Å²) in [6.07, 6.45) is 0.605. The van der Waals surface area contributed by atoms with Gasteiger partial charge in [0, 0.05) is 47.4 Å². The minimum atomic E-state index is -0.489. The van der Waals surface area contributed by atoms with E-state index in [-0.39, 0.29) is 30.1 Å². The molecule has 0 spiro atoms. The van der Waals surface area contributed by atoms with Crippen molar-refractivity contribution in [3.05, 3.63) is 35.4 Å². The Hall–Kier alpha value is -1.55. The number of rotatable bonds is 8. The molecule has 1 amide bonds. The Morgan fingerprint density at radius 2 is 1.75 bits per heavy atom. The van der Waals surface area contributed by atoms with Crippen LogP contribution >= 0.6 is 24.0 Å². The van der Waals surface area contributed by atoms with Gasteiger partial charge in [-0.1, -0.05) is 24.3 Å². The van der Waals surface area contributed by atoms with Crippen molar-refractivity contribution in [2.75, 3.05) is 34.4 Å². The van der Waals surface area contributed by atoms with E-state index < -0.39 is 5.60 Å². The monoisotopic (exact) mass is 506 g/mol. The standard InChI is InChI=1S/C20H34N4O3.HI/c1-20(2,3)27-19(25)24(5)15-17-10-8-16(9-11-17)14-23-18(21-4)22-12-7-13-26-6;/h8-11H,7,12-15H2,1-6H3,(H2,21,22,23);1H. The largest absolute Gasteiger partial charge is 0.444 e. The first-order valence-corrected chi connectivity index (χ1v) is 9.20. The predicted molar refractivity (Wildman–Crippen MR) is 124 cm³/mol. The lowest BCUT2D eigenvalue weighted by Crippen LogP contribution is -2.37. The molecule has 1 aromatic rings. The van der Waals surface area contributed by atoms with Crippen LogP contribution in [0.25, 0.3) is 0 Å². The number of benzene rings is 1. The molecule has 0 aromatic heterocycles. The maximum atomic E-state index is 12.0. The third-order valence-corrected chi connectivity index (χ3v) is 3.65. The molecule has 0 atom stereocenters. The molecule has 0 fully saturated rings. The summed E-state index contributed by atoms with van der Waals surface area (Å²) in [4.78, 5) is 17.8. The number of aliphatic imine (C=N–C) groups is 1. The molecule has 0 bridgehead atoms. The molecule has 0 aliphatic rings. The van der Waals surface area contributed by atoms with Crippen LogP contribution in [0.5, 0.6) is 0 Å². The van der Waals surface area contributed by atoms with Crippen LogP contribution in [0.4, 0.5) is 4.79 Å². The van der Waals surface area contributed by atoms with Gasteiger partial charge in [0.25, 0.3) is 0 Å². The Morgan fingerprint density at radius 1 is 1.14 bits per heavy atom. The Bertz CT molecular complexity index is 600. The number of amides is 1. The van der Waals surface area contributed by atoms with E-state index in [0.717, 1.165) is 36.7 Å². The fraction of sp³-hybridized carbons (Fsp3) is 0.600. The van der Waals surface area contributed by atoms with Gasteiger partial charge >= 0.3 is 6.09 Å². The van der Waals surface area contributed by atoms with Gasteiger partial charge < -0.3 is 25.0 Å². The van der Waals surface area contributed by atoms with E-state index in [1.807, 2.05) is 45.0 Å². The van der Waals surface area contributed by atoms with Gasteiger partial charge in [-0.3, -0.25) is 4.99 Å². The Labute approximate surface area is 186 Å². The van der Waals surface area contributed by atoms with Crippen molar-refractivity contribution in [1.29, 1.82) is 0 Å². The molecule has 7 nitrogen and oxygen atoms in total. The van der Waals surface area contributed by atoms with Gasteiger partial charge in [-0.05, 0) is 38.3 Å². The second kappa shape index (κ2) is 13.6. The number of ether oxygens (including phenoxy) is 2. The lowest BCUT2D eigenvalue weighted by Gasteiger charge is -2.24. The molecule has 0 aliphatic carbocycles. The molecular weight excluding hydrogens is 471 g/mol. The topological polar surface area (TPSA) is 75.2 Å². The van der Waals surface area contributed by atoms with E-state index in [2.05, 4.69) is 15.6 Å². The van der Waals surface area contributed by atoms with E-state index in [4.69, 9.17) is 9.47 Å². The summed E-state index contributed by atoms with van der Waals surface area (Å²) < 4.78 is 10.4. The zero-order valence-corrected chi connectivity index (χ0v) is 20.2. The summed E-state index contributed by atoms with van der Waals surface area (Å²) in [5.41, 5.74) is 1.70. The number of guanidine groups is 1. The Morgan fingerprint density at radius 3 is 2.29 bits per heavy atom. The zero-order chi connectivity index (χ0) is 20.3. The number of nitrogens with one attached hydrogen (secondary N) is 2. The highest BCUT2D eigenvalue weighted by Gasteiger charge is 2.19. The fourth-order valence-electron chi connectivity index (χ4n) is 2.27. The quantitative estimate of drug-likeness (QED) is 0.245. The predicted octanol–water partition coefficient (Wildman–Crippen LogP) is 3.37. The maximum Gasteiger partial charge on any atom is 0.410 e. The molecule has 0 heterocycles. The molecule has 8 heteroatoms. The first-order valence-electron chi connectivity index (χ1n) is 9.20.